The molecule has 4 rings (SSSR count). The highest BCUT2D eigenvalue weighted by Crippen LogP contribution is 2.16. The Morgan fingerprint density at radius 1 is 1.12 bits per heavy atom. The van der Waals surface area contributed by atoms with Crippen LogP contribution in [-0.4, -0.2) is 50.9 Å². The number of likely N-dealkylation sites (tertiary alicyclic amines) is 1. The number of carbonyl (C=O) groups is 1. The third-order valence-electron chi connectivity index (χ3n) is 5.32. The highest BCUT2D eigenvalue weighted by Gasteiger charge is 2.21. The van der Waals surface area contributed by atoms with Crippen LogP contribution in [0.15, 0.2) is 59.8 Å². The van der Waals surface area contributed by atoms with Gasteiger partial charge < -0.3 is 5.32 Å². The molecule has 0 atom stereocenters. The Kier molecular flexibility index (Phi) is 7.68. The molecule has 1 aromatic heterocycles. The molecule has 166 valence electrons. The smallest absolute Gasteiger partial charge is 0.230 e. The lowest BCUT2D eigenvalue weighted by molar-refractivity contribution is -0.119. The highest BCUT2D eigenvalue weighted by atomic mass is 32.2. The van der Waals surface area contributed by atoms with Crippen molar-refractivity contribution in [3.63, 3.8) is 0 Å². The molecule has 32 heavy (non-hydrogen) atoms. The molecule has 0 aliphatic carbocycles. The average molecular weight is 452 g/mol. The van der Waals surface area contributed by atoms with E-state index in [1.165, 1.54) is 29.5 Å². The quantitative estimate of drug-likeness (QED) is 0.507. The second-order valence-electron chi connectivity index (χ2n) is 7.78. The normalized spacial score (nSPS) is 15.3. The zero-order valence-electron chi connectivity index (χ0n) is 17.7. The molecule has 0 unspecified atom stereocenters. The molecule has 2 heterocycles. The first-order chi connectivity index (χ1) is 15.6. The molecule has 1 saturated heterocycles. The Labute approximate surface area is 191 Å². The fraction of sp³-hybridized carbons (Fsp3) is 0.292. The van der Waals surface area contributed by atoms with Gasteiger partial charge in [0.15, 0.2) is 0 Å². The lowest BCUT2D eigenvalue weighted by Crippen LogP contribution is -2.44. The SMILES string of the molecule is O=C(CSc1n[nH]c(C=Cc2ccc(F)cc2)n1)NC1CCN(Cc2ccccc2)CC1. The number of nitrogens with one attached hydrogen (secondary N) is 2. The summed E-state index contributed by atoms with van der Waals surface area (Å²) >= 11 is 1.30. The number of thioether (sulfide) groups is 1. The second kappa shape index (κ2) is 11.1. The largest absolute Gasteiger partial charge is 0.353 e. The Morgan fingerprint density at radius 3 is 2.62 bits per heavy atom. The molecule has 2 aromatic carbocycles. The molecule has 1 aliphatic rings. The van der Waals surface area contributed by atoms with E-state index in [-0.39, 0.29) is 23.5 Å². The van der Waals surface area contributed by atoms with E-state index >= 15 is 0 Å². The number of benzene rings is 2. The van der Waals surface area contributed by atoms with Crippen molar-refractivity contribution in [1.82, 2.24) is 25.4 Å². The first-order valence-electron chi connectivity index (χ1n) is 10.7. The predicted molar refractivity (Wildman–Crippen MR) is 125 cm³/mol. The fourth-order valence-corrected chi connectivity index (χ4v) is 4.24. The van der Waals surface area contributed by atoms with Crippen LogP contribution in [0.4, 0.5) is 4.39 Å². The summed E-state index contributed by atoms with van der Waals surface area (Å²) in [5, 5.41) is 10.6. The minimum absolute atomic E-state index is 0.00436. The van der Waals surface area contributed by atoms with Gasteiger partial charge in [0.25, 0.3) is 0 Å². The molecule has 1 fully saturated rings. The van der Waals surface area contributed by atoms with Crippen molar-refractivity contribution in [3.8, 4) is 0 Å². The van der Waals surface area contributed by atoms with Gasteiger partial charge in [0.2, 0.25) is 11.1 Å². The number of amides is 1. The van der Waals surface area contributed by atoms with Crippen molar-refractivity contribution in [2.24, 2.45) is 0 Å². The molecule has 1 amide bonds. The molecular formula is C24H26FN5OS. The van der Waals surface area contributed by atoms with E-state index in [0.29, 0.717) is 11.0 Å². The molecule has 1 aliphatic heterocycles. The van der Waals surface area contributed by atoms with Crippen molar-refractivity contribution in [1.29, 1.82) is 0 Å². The maximum atomic E-state index is 13.0. The summed E-state index contributed by atoms with van der Waals surface area (Å²) in [5.74, 6) is 0.604. The summed E-state index contributed by atoms with van der Waals surface area (Å²) in [6.45, 7) is 2.93. The van der Waals surface area contributed by atoms with Crippen LogP contribution in [0.25, 0.3) is 12.2 Å². The van der Waals surface area contributed by atoms with Crippen LogP contribution in [0.5, 0.6) is 0 Å². The van der Waals surface area contributed by atoms with Crippen molar-refractivity contribution in [3.05, 3.63) is 77.4 Å². The monoisotopic (exact) mass is 451 g/mol. The van der Waals surface area contributed by atoms with Gasteiger partial charge in [0.05, 0.1) is 5.75 Å². The molecule has 8 heteroatoms. The Bertz CT molecular complexity index is 1030. The summed E-state index contributed by atoms with van der Waals surface area (Å²) in [4.78, 5) is 19.1. The first-order valence-corrected chi connectivity index (χ1v) is 11.7. The maximum Gasteiger partial charge on any atom is 0.230 e. The number of nitrogens with zero attached hydrogens (tertiary/aromatic N) is 3. The van der Waals surface area contributed by atoms with Crippen LogP contribution in [0.3, 0.4) is 0 Å². The van der Waals surface area contributed by atoms with E-state index in [2.05, 4.69) is 49.7 Å². The molecule has 6 nitrogen and oxygen atoms in total. The number of H-pyrrole nitrogens is 1. The molecule has 3 aromatic rings. The van der Waals surface area contributed by atoms with Crippen LogP contribution < -0.4 is 5.32 Å². The van der Waals surface area contributed by atoms with E-state index in [1.807, 2.05) is 12.1 Å². The third kappa shape index (κ3) is 6.77. The summed E-state index contributed by atoms with van der Waals surface area (Å²) in [5.41, 5.74) is 2.19. The summed E-state index contributed by atoms with van der Waals surface area (Å²) in [6, 6.07) is 16.9. The van der Waals surface area contributed by atoms with Gasteiger partial charge in [-0.2, -0.15) is 0 Å². The van der Waals surface area contributed by atoms with Crippen LogP contribution in [0, 0.1) is 5.82 Å². The maximum absolute atomic E-state index is 13.0. The molecule has 0 saturated carbocycles. The van der Waals surface area contributed by atoms with Crippen LogP contribution in [0.1, 0.15) is 29.8 Å². The zero-order chi connectivity index (χ0) is 22.2. The Balaban J connectivity index is 1.17. The van der Waals surface area contributed by atoms with E-state index in [4.69, 9.17) is 0 Å². The van der Waals surface area contributed by atoms with Crippen LogP contribution in [-0.2, 0) is 11.3 Å². The van der Waals surface area contributed by atoms with Gasteiger partial charge >= 0.3 is 0 Å². The number of aromatic amines is 1. The standard InChI is InChI=1S/C24H26FN5OS/c25-20-9-6-18(7-10-20)8-11-22-27-24(29-28-22)32-17-23(31)26-21-12-14-30(15-13-21)16-19-4-2-1-3-5-19/h1-11,21H,12-17H2,(H,26,31)(H,27,28,29). The number of piperidine rings is 1. The van der Waals surface area contributed by atoms with E-state index in [9.17, 15) is 9.18 Å². The van der Waals surface area contributed by atoms with Gasteiger partial charge in [0, 0.05) is 25.7 Å². The highest BCUT2D eigenvalue weighted by molar-refractivity contribution is 7.99. The van der Waals surface area contributed by atoms with Crippen molar-refractivity contribution < 1.29 is 9.18 Å². The topological polar surface area (TPSA) is 73.9 Å². The van der Waals surface area contributed by atoms with Crippen molar-refractivity contribution in [2.75, 3.05) is 18.8 Å². The van der Waals surface area contributed by atoms with E-state index < -0.39 is 0 Å². The van der Waals surface area contributed by atoms with Gasteiger partial charge in [-0.15, -0.1) is 5.10 Å². The number of hydrogen-bond donors (Lipinski definition) is 2. The lowest BCUT2D eigenvalue weighted by Gasteiger charge is -2.32. The number of carbonyl (C=O) groups excluding carboxylic acids is 1. The first kappa shape index (κ1) is 22.2. The third-order valence-corrected chi connectivity index (χ3v) is 6.17. The van der Waals surface area contributed by atoms with Crippen LogP contribution >= 0.6 is 11.8 Å². The van der Waals surface area contributed by atoms with Gasteiger partial charge in [-0.3, -0.25) is 14.8 Å². The van der Waals surface area contributed by atoms with E-state index in [0.717, 1.165) is 38.0 Å². The molecular weight excluding hydrogens is 425 g/mol. The average Bonchev–Trinajstić information content (AvgIpc) is 3.27. The van der Waals surface area contributed by atoms with E-state index in [1.54, 1.807) is 18.2 Å². The fourth-order valence-electron chi connectivity index (χ4n) is 3.62. The summed E-state index contributed by atoms with van der Waals surface area (Å²) in [7, 11) is 0. The number of halogens is 1. The molecule has 0 radical (unpaired) electrons. The molecule has 2 N–H and O–H groups in total. The minimum atomic E-state index is -0.267. The zero-order valence-corrected chi connectivity index (χ0v) is 18.5. The summed E-state index contributed by atoms with van der Waals surface area (Å²) < 4.78 is 13.0. The Morgan fingerprint density at radius 2 is 1.88 bits per heavy atom. The van der Waals surface area contributed by atoms with Gasteiger partial charge in [0.1, 0.15) is 11.6 Å². The lowest BCUT2D eigenvalue weighted by atomic mass is 10.0. The van der Waals surface area contributed by atoms with Gasteiger partial charge in [-0.05, 0) is 42.2 Å². The minimum Gasteiger partial charge on any atom is -0.353 e. The number of aromatic nitrogens is 3. The van der Waals surface area contributed by atoms with Gasteiger partial charge in [-0.25, -0.2) is 9.37 Å². The van der Waals surface area contributed by atoms with Gasteiger partial charge in [-0.1, -0.05) is 60.3 Å². The Hall–Kier alpha value is -2.97. The summed E-state index contributed by atoms with van der Waals surface area (Å²) in [6.07, 6.45) is 5.52. The van der Waals surface area contributed by atoms with Crippen molar-refractivity contribution >= 4 is 29.8 Å². The van der Waals surface area contributed by atoms with Crippen molar-refractivity contribution in [2.45, 2.75) is 30.6 Å². The van der Waals surface area contributed by atoms with Crippen LogP contribution in [0.2, 0.25) is 0 Å². The number of rotatable bonds is 8. The molecule has 0 bridgehead atoms. The number of hydrogen-bond acceptors (Lipinski definition) is 5. The second-order valence-corrected chi connectivity index (χ2v) is 8.72. The molecule has 0 spiro atoms. The predicted octanol–water partition coefficient (Wildman–Crippen LogP) is 3.99.